The molecule has 0 aliphatic rings. The third-order valence-corrected chi connectivity index (χ3v) is 3.70. The molecule has 4 nitrogen and oxygen atoms in total. The second kappa shape index (κ2) is 5.77. The molecule has 0 fully saturated rings. The van der Waals surface area contributed by atoms with Crippen molar-refractivity contribution in [3.63, 3.8) is 0 Å². The zero-order valence-electron chi connectivity index (χ0n) is 12.6. The predicted octanol–water partition coefficient (Wildman–Crippen LogP) is 2.61. The van der Waals surface area contributed by atoms with E-state index in [2.05, 4.69) is 11.8 Å². The van der Waals surface area contributed by atoms with Crippen molar-refractivity contribution in [2.75, 3.05) is 0 Å². The Balaban J connectivity index is 2.65. The van der Waals surface area contributed by atoms with Gasteiger partial charge in [0.15, 0.2) is 11.2 Å². The van der Waals surface area contributed by atoms with E-state index in [4.69, 9.17) is 21.7 Å². The summed E-state index contributed by atoms with van der Waals surface area (Å²) in [7, 11) is 0. The Morgan fingerprint density at radius 2 is 1.23 bits per heavy atom. The quantitative estimate of drug-likeness (QED) is 0.833. The van der Waals surface area contributed by atoms with Crippen molar-refractivity contribution in [1.82, 2.24) is 0 Å². The molecule has 2 aromatic rings. The first kappa shape index (κ1) is 16.0. The van der Waals surface area contributed by atoms with Gasteiger partial charge in [-0.2, -0.15) is 0 Å². The van der Waals surface area contributed by atoms with Crippen LogP contribution in [-0.2, 0) is 11.2 Å². The molecule has 2 rings (SSSR count). The van der Waals surface area contributed by atoms with Crippen LogP contribution in [0.1, 0.15) is 35.9 Å². The number of aryl methyl sites for hydroxylation is 2. The Hall–Kier alpha value is -2.40. The summed E-state index contributed by atoms with van der Waals surface area (Å²) in [5, 5.41) is 22.3. The van der Waals surface area contributed by atoms with Crippen molar-refractivity contribution >= 4 is 0 Å². The summed E-state index contributed by atoms with van der Waals surface area (Å²) in [5.41, 5.74) is -3.79. The van der Waals surface area contributed by atoms with E-state index in [9.17, 15) is 10.2 Å². The smallest absolute Gasteiger partial charge is 0.170 e. The summed E-state index contributed by atoms with van der Waals surface area (Å²) in [5.74, 6) is 6.22. The number of furan rings is 2. The van der Waals surface area contributed by atoms with E-state index in [-0.39, 0.29) is 24.4 Å². The maximum absolute atomic E-state index is 11.2. The van der Waals surface area contributed by atoms with E-state index >= 15 is 0 Å². The molecule has 0 aliphatic carbocycles. The third kappa shape index (κ3) is 2.44. The number of rotatable bonds is 5. The maximum Gasteiger partial charge on any atom is 0.170 e. The zero-order valence-corrected chi connectivity index (χ0v) is 12.6. The van der Waals surface area contributed by atoms with Crippen LogP contribution in [0.4, 0.5) is 0 Å². The summed E-state index contributed by atoms with van der Waals surface area (Å²) < 4.78 is 11.0. The lowest BCUT2D eigenvalue weighted by Crippen LogP contribution is -2.49. The summed E-state index contributed by atoms with van der Waals surface area (Å²) in [6.45, 7) is 3.47. The molecule has 114 valence electrons. The first-order valence-electron chi connectivity index (χ1n) is 6.83. The average molecular weight is 298 g/mol. The lowest BCUT2D eigenvalue weighted by Gasteiger charge is -2.38. The Morgan fingerprint density at radius 3 is 1.45 bits per heavy atom. The number of hydrogen-bond acceptors (Lipinski definition) is 4. The highest BCUT2D eigenvalue weighted by Crippen LogP contribution is 2.46. The molecule has 4 heteroatoms. The minimum atomic E-state index is -1.90. The normalized spacial score (nSPS) is 16.3. The van der Waals surface area contributed by atoms with Gasteiger partial charge in [0.05, 0.1) is 0 Å². The van der Waals surface area contributed by atoms with Gasteiger partial charge in [-0.3, -0.25) is 0 Å². The van der Waals surface area contributed by atoms with E-state index in [0.717, 1.165) is 0 Å². The standard InChI is InChI=1S/C18H18O4/c1-5-11-17(19,15-9-7-13(3)21-15)18(20,12-6-2)16-10-8-14(4)22-16/h1-2,7-10,19-20H,11-12H2,3-4H3/t17-,18+. The SMILES string of the molecule is C#CC[C@@](O)(c1ccc(C)o1)[C@](O)(CC#C)c1ccc(C)o1. The molecule has 2 aromatic heterocycles. The van der Waals surface area contributed by atoms with Gasteiger partial charge in [0.1, 0.15) is 23.0 Å². The molecular weight excluding hydrogens is 280 g/mol. The first-order valence-corrected chi connectivity index (χ1v) is 6.83. The molecule has 2 N–H and O–H groups in total. The van der Waals surface area contributed by atoms with Crippen LogP contribution in [0.2, 0.25) is 0 Å². The molecule has 2 heterocycles. The van der Waals surface area contributed by atoms with Gasteiger partial charge >= 0.3 is 0 Å². The van der Waals surface area contributed by atoms with E-state index in [1.165, 1.54) is 0 Å². The number of aliphatic hydroxyl groups is 2. The zero-order chi connectivity index (χ0) is 16.4. The van der Waals surface area contributed by atoms with E-state index in [1.807, 2.05) is 0 Å². The summed E-state index contributed by atoms with van der Waals surface area (Å²) >= 11 is 0. The van der Waals surface area contributed by atoms with Gasteiger partial charge in [0.2, 0.25) is 0 Å². The van der Waals surface area contributed by atoms with Crippen molar-refractivity contribution in [1.29, 1.82) is 0 Å². The average Bonchev–Trinajstić information content (AvgIpc) is 3.08. The van der Waals surface area contributed by atoms with Gasteiger partial charge in [-0.15, -0.1) is 24.7 Å². The topological polar surface area (TPSA) is 66.7 Å². The molecular formula is C18H18O4. The molecule has 0 radical (unpaired) electrons. The number of hydrogen-bond donors (Lipinski definition) is 2. The fraction of sp³-hybridized carbons (Fsp3) is 0.333. The summed E-state index contributed by atoms with van der Waals surface area (Å²) in [6, 6.07) is 6.51. The highest BCUT2D eigenvalue weighted by Gasteiger charge is 2.55. The Labute approximate surface area is 129 Å². The van der Waals surface area contributed by atoms with E-state index in [1.54, 1.807) is 38.1 Å². The predicted molar refractivity (Wildman–Crippen MR) is 81.6 cm³/mol. The second-order valence-electron chi connectivity index (χ2n) is 5.30. The minimum Gasteiger partial charge on any atom is -0.463 e. The van der Waals surface area contributed by atoms with Crippen LogP contribution in [0.5, 0.6) is 0 Å². The summed E-state index contributed by atoms with van der Waals surface area (Å²) in [6.07, 6.45) is 10.4. The van der Waals surface area contributed by atoms with Crippen LogP contribution in [0.3, 0.4) is 0 Å². The van der Waals surface area contributed by atoms with Crippen molar-refractivity contribution in [2.24, 2.45) is 0 Å². The molecule has 0 amide bonds. The number of terminal acetylenes is 2. The summed E-state index contributed by atoms with van der Waals surface area (Å²) in [4.78, 5) is 0. The van der Waals surface area contributed by atoms with Gasteiger partial charge in [-0.1, -0.05) is 0 Å². The molecule has 22 heavy (non-hydrogen) atoms. The van der Waals surface area contributed by atoms with Gasteiger partial charge in [-0.05, 0) is 38.1 Å². The molecule has 0 saturated heterocycles. The first-order chi connectivity index (χ1) is 10.4. The molecule has 0 bridgehead atoms. The fourth-order valence-electron chi connectivity index (χ4n) is 2.48. The molecule has 0 saturated carbocycles. The van der Waals surface area contributed by atoms with Crippen molar-refractivity contribution in [3.05, 3.63) is 47.3 Å². The minimum absolute atomic E-state index is 0.148. The van der Waals surface area contributed by atoms with Crippen molar-refractivity contribution < 1.29 is 19.0 Å². The third-order valence-electron chi connectivity index (χ3n) is 3.70. The molecule has 0 unspecified atom stereocenters. The van der Waals surface area contributed by atoms with Crippen molar-refractivity contribution in [2.45, 2.75) is 37.9 Å². The molecule has 0 aromatic carbocycles. The van der Waals surface area contributed by atoms with Gasteiger partial charge in [0.25, 0.3) is 0 Å². The van der Waals surface area contributed by atoms with Crippen LogP contribution in [0.15, 0.2) is 33.1 Å². The van der Waals surface area contributed by atoms with Crippen molar-refractivity contribution in [3.8, 4) is 24.7 Å². The molecule has 2 atom stereocenters. The molecule has 0 aliphatic heterocycles. The van der Waals surface area contributed by atoms with E-state index in [0.29, 0.717) is 11.5 Å². The maximum atomic E-state index is 11.2. The highest BCUT2D eigenvalue weighted by atomic mass is 16.4. The van der Waals surface area contributed by atoms with Crippen LogP contribution in [0, 0.1) is 38.5 Å². The van der Waals surface area contributed by atoms with Crippen LogP contribution in [-0.4, -0.2) is 10.2 Å². The van der Waals surface area contributed by atoms with Gasteiger partial charge in [-0.25, -0.2) is 0 Å². The van der Waals surface area contributed by atoms with Gasteiger partial charge < -0.3 is 19.0 Å². The fourth-order valence-corrected chi connectivity index (χ4v) is 2.48. The lowest BCUT2D eigenvalue weighted by atomic mass is 9.75. The van der Waals surface area contributed by atoms with Crippen LogP contribution in [0.25, 0.3) is 0 Å². The Morgan fingerprint density at radius 1 is 0.864 bits per heavy atom. The van der Waals surface area contributed by atoms with E-state index < -0.39 is 11.2 Å². The molecule has 0 spiro atoms. The Bertz CT molecular complexity index is 675. The van der Waals surface area contributed by atoms with Gasteiger partial charge in [0, 0.05) is 12.8 Å². The largest absolute Gasteiger partial charge is 0.463 e. The monoisotopic (exact) mass is 298 g/mol. The Kier molecular flexibility index (Phi) is 4.19. The van der Waals surface area contributed by atoms with Crippen LogP contribution >= 0.6 is 0 Å². The highest BCUT2D eigenvalue weighted by molar-refractivity contribution is 5.29. The lowest BCUT2D eigenvalue weighted by molar-refractivity contribution is -0.179. The van der Waals surface area contributed by atoms with Crippen LogP contribution < -0.4 is 0 Å². The second-order valence-corrected chi connectivity index (χ2v) is 5.30.